The van der Waals surface area contributed by atoms with Crippen molar-refractivity contribution in [1.29, 1.82) is 5.26 Å². The summed E-state index contributed by atoms with van der Waals surface area (Å²) in [6, 6.07) is 7.07. The van der Waals surface area contributed by atoms with E-state index in [2.05, 4.69) is 16.0 Å². The van der Waals surface area contributed by atoms with Crippen LogP contribution in [0.15, 0.2) is 24.4 Å². The summed E-state index contributed by atoms with van der Waals surface area (Å²) in [5, 5.41) is 9.57. The summed E-state index contributed by atoms with van der Waals surface area (Å²) >= 11 is 0. The average molecular weight is 296 g/mol. The minimum absolute atomic E-state index is 0.364. The minimum Gasteiger partial charge on any atom is -0.360 e. The summed E-state index contributed by atoms with van der Waals surface area (Å²) < 4.78 is 0. The van der Waals surface area contributed by atoms with Crippen LogP contribution in [0.5, 0.6) is 0 Å². The van der Waals surface area contributed by atoms with E-state index < -0.39 is 11.7 Å². The first-order chi connectivity index (χ1) is 10.6. The van der Waals surface area contributed by atoms with Gasteiger partial charge in [-0.05, 0) is 19.2 Å². The Bertz CT molecular complexity index is 779. The van der Waals surface area contributed by atoms with Crippen molar-refractivity contribution in [3.8, 4) is 6.07 Å². The summed E-state index contributed by atoms with van der Waals surface area (Å²) in [4.78, 5) is 31.5. The van der Waals surface area contributed by atoms with E-state index in [4.69, 9.17) is 5.26 Å². The Morgan fingerprint density at radius 2 is 1.95 bits per heavy atom. The molecule has 6 heteroatoms. The number of hydrogen-bond acceptors (Lipinski definition) is 4. The van der Waals surface area contributed by atoms with Crippen molar-refractivity contribution >= 4 is 22.6 Å². The number of aromatic nitrogens is 1. The Kier molecular flexibility index (Phi) is 3.65. The second-order valence-electron chi connectivity index (χ2n) is 5.50. The van der Waals surface area contributed by atoms with E-state index in [-0.39, 0.29) is 0 Å². The number of aromatic amines is 1. The molecule has 112 valence electrons. The predicted octanol–water partition coefficient (Wildman–Crippen LogP) is 0.996. The molecule has 1 N–H and O–H groups in total. The molecule has 1 aromatic carbocycles. The quantitative estimate of drug-likeness (QED) is 0.662. The van der Waals surface area contributed by atoms with Gasteiger partial charge in [-0.3, -0.25) is 9.59 Å². The van der Waals surface area contributed by atoms with Crippen LogP contribution in [0.3, 0.4) is 0 Å². The number of carbonyl (C=O) groups excluding carboxylic acids is 2. The van der Waals surface area contributed by atoms with E-state index in [1.54, 1.807) is 29.3 Å². The number of amides is 1. The average Bonchev–Trinajstić information content (AvgIpc) is 2.97. The molecule has 2 heterocycles. The minimum atomic E-state index is -0.500. The van der Waals surface area contributed by atoms with E-state index in [1.807, 2.05) is 7.05 Å². The van der Waals surface area contributed by atoms with Crippen LogP contribution in [0.1, 0.15) is 15.9 Å². The van der Waals surface area contributed by atoms with Crippen molar-refractivity contribution in [2.24, 2.45) is 0 Å². The summed E-state index contributed by atoms with van der Waals surface area (Å²) in [6.45, 7) is 2.70. The highest BCUT2D eigenvalue weighted by molar-refractivity contribution is 6.44. The van der Waals surface area contributed by atoms with Crippen molar-refractivity contribution in [2.75, 3.05) is 33.2 Å². The number of H-pyrrole nitrogens is 1. The molecule has 1 fully saturated rings. The topological polar surface area (TPSA) is 80.2 Å². The van der Waals surface area contributed by atoms with Gasteiger partial charge in [0.1, 0.15) is 0 Å². The van der Waals surface area contributed by atoms with Gasteiger partial charge in [0.05, 0.1) is 17.2 Å². The molecule has 0 unspecified atom stereocenters. The molecule has 1 aliphatic rings. The number of rotatable bonds is 2. The van der Waals surface area contributed by atoms with Gasteiger partial charge in [-0.15, -0.1) is 0 Å². The van der Waals surface area contributed by atoms with Gasteiger partial charge >= 0.3 is 0 Å². The highest BCUT2D eigenvalue weighted by Crippen LogP contribution is 2.20. The van der Waals surface area contributed by atoms with Crippen molar-refractivity contribution in [2.45, 2.75) is 0 Å². The number of piperazine rings is 1. The summed E-state index contributed by atoms with van der Waals surface area (Å²) in [7, 11) is 2.00. The van der Waals surface area contributed by atoms with Crippen LogP contribution >= 0.6 is 0 Å². The number of ketones is 1. The van der Waals surface area contributed by atoms with Gasteiger partial charge in [0.2, 0.25) is 0 Å². The van der Waals surface area contributed by atoms with Gasteiger partial charge in [-0.1, -0.05) is 6.07 Å². The third-order valence-corrected chi connectivity index (χ3v) is 4.04. The van der Waals surface area contributed by atoms with Crippen LogP contribution in [0.25, 0.3) is 10.9 Å². The maximum absolute atomic E-state index is 12.5. The lowest BCUT2D eigenvalue weighted by Crippen LogP contribution is -2.49. The maximum atomic E-state index is 12.5. The lowest BCUT2D eigenvalue weighted by molar-refractivity contribution is -0.127. The zero-order valence-electron chi connectivity index (χ0n) is 12.3. The number of nitrogens with zero attached hydrogens (tertiary/aromatic N) is 3. The lowest BCUT2D eigenvalue weighted by Gasteiger charge is -2.31. The molecule has 0 atom stereocenters. The van der Waals surface area contributed by atoms with Crippen LogP contribution in [-0.4, -0.2) is 59.7 Å². The van der Waals surface area contributed by atoms with Crippen LogP contribution in [0.4, 0.5) is 0 Å². The molecule has 0 radical (unpaired) electrons. The molecular formula is C16H16N4O2. The van der Waals surface area contributed by atoms with Gasteiger partial charge in [0.15, 0.2) is 0 Å². The normalized spacial score (nSPS) is 15.7. The summed E-state index contributed by atoms with van der Waals surface area (Å²) in [6.07, 6.45) is 1.54. The third-order valence-electron chi connectivity index (χ3n) is 4.04. The zero-order valence-corrected chi connectivity index (χ0v) is 12.3. The molecule has 1 aromatic heterocycles. The van der Waals surface area contributed by atoms with Crippen LogP contribution in [-0.2, 0) is 4.79 Å². The molecule has 1 amide bonds. The Morgan fingerprint density at radius 3 is 2.64 bits per heavy atom. The lowest BCUT2D eigenvalue weighted by atomic mass is 10.1. The fourth-order valence-electron chi connectivity index (χ4n) is 2.65. The number of fused-ring (bicyclic) bond motifs is 1. The van der Waals surface area contributed by atoms with E-state index in [0.717, 1.165) is 13.1 Å². The number of hydrogen-bond donors (Lipinski definition) is 1. The number of Topliss-reactive ketones (excluding diaryl/α,β-unsaturated/α-hetero) is 1. The Morgan fingerprint density at radius 1 is 1.23 bits per heavy atom. The van der Waals surface area contributed by atoms with Crippen LogP contribution in [0, 0.1) is 11.3 Å². The van der Waals surface area contributed by atoms with E-state index in [9.17, 15) is 9.59 Å². The summed E-state index contributed by atoms with van der Waals surface area (Å²) in [5.41, 5.74) is 1.57. The smallest absolute Gasteiger partial charge is 0.295 e. The number of benzene rings is 1. The molecule has 0 bridgehead atoms. The highest BCUT2D eigenvalue weighted by atomic mass is 16.2. The van der Waals surface area contributed by atoms with Gasteiger partial charge in [0, 0.05) is 43.3 Å². The second-order valence-corrected chi connectivity index (χ2v) is 5.50. The van der Waals surface area contributed by atoms with Crippen molar-refractivity contribution in [1.82, 2.24) is 14.8 Å². The first kappa shape index (κ1) is 14.3. The second kappa shape index (κ2) is 5.62. The molecule has 1 saturated heterocycles. The van der Waals surface area contributed by atoms with E-state index in [1.165, 1.54) is 0 Å². The molecule has 0 spiro atoms. The first-order valence-corrected chi connectivity index (χ1v) is 7.13. The molecule has 6 nitrogen and oxygen atoms in total. The fourth-order valence-corrected chi connectivity index (χ4v) is 2.65. The van der Waals surface area contributed by atoms with Gasteiger partial charge in [0.25, 0.3) is 11.7 Å². The zero-order chi connectivity index (χ0) is 15.7. The van der Waals surface area contributed by atoms with Crippen molar-refractivity contribution in [3.63, 3.8) is 0 Å². The Hall–Kier alpha value is -2.65. The van der Waals surface area contributed by atoms with Gasteiger partial charge in [-0.2, -0.15) is 5.26 Å². The standard InChI is InChI=1S/C16H16N4O2/c1-19-4-6-20(7-5-19)16(22)15(21)13-10-18-14-8-11(9-17)2-3-12(13)14/h2-3,8,10,18H,4-7H2,1H3. The van der Waals surface area contributed by atoms with Crippen LogP contribution in [0.2, 0.25) is 0 Å². The summed E-state index contributed by atoms with van der Waals surface area (Å²) in [5.74, 6) is -0.959. The number of likely N-dealkylation sites (N-methyl/N-ethyl adjacent to an activating group) is 1. The maximum Gasteiger partial charge on any atom is 0.295 e. The Balaban J connectivity index is 1.86. The fraction of sp³-hybridized carbons (Fsp3) is 0.312. The highest BCUT2D eigenvalue weighted by Gasteiger charge is 2.27. The predicted molar refractivity (Wildman–Crippen MR) is 81.4 cm³/mol. The Labute approximate surface area is 127 Å². The van der Waals surface area contributed by atoms with Gasteiger partial charge in [-0.25, -0.2) is 0 Å². The molecule has 0 aliphatic carbocycles. The molecule has 2 aromatic rings. The van der Waals surface area contributed by atoms with Crippen LogP contribution < -0.4 is 0 Å². The molecule has 1 aliphatic heterocycles. The van der Waals surface area contributed by atoms with E-state index >= 15 is 0 Å². The SMILES string of the molecule is CN1CCN(C(=O)C(=O)c2c[nH]c3cc(C#N)ccc23)CC1. The molecular weight excluding hydrogens is 280 g/mol. The largest absolute Gasteiger partial charge is 0.360 e. The van der Waals surface area contributed by atoms with Crippen molar-refractivity contribution in [3.05, 3.63) is 35.5 Å². The van der Waals surface area contributed by atoms with E-state index in [0.29, 0.717) is 35.1 Å². The number of nitriles is 1. The number of nitrogens with one attached hydrogen (secondary N) is 1. The van der Waals surface area contributed by atoms with Crippen molar-refractivity contribution < 1.29 is 9.59 Å². The first-order valence-electron chi connectivity index (χ1n) is 7.13. The third kappa shape index (κ3) is 2.47. The monoisotopic (exact) mass is 296 g/mol. The molecule has 22 heavy (non-hydrogen) atoms. The molecule has 3 rings (SSSR count). The van der Waals surface area contributed by atoms with Gasteiger partial charge < -0.3 is 14.8 Å². The molecule has 0 saturated carbocycles. The number of carbonyl (C=O) groups is 2.